The number of carboxylic acid groups (broad SMARTS) is 1. The molecule has 0 atom stereocenters. The Labute approximate surface area is 182 Å². The maximum Gasteiger partial charge on any atom is 0.303 e. The summed E-state index contributed by atoms with van der Waals surface area (Å²) in [6.07, 6.45) is 15.1. The van der Waals surface area contributed by atoms with Crippen molar-refractivity contribution in [3.05, 3.63) is 109 Å². The van der Waals surface area contributed by atoms with Crippen LogP contribution in [0.15, 0.2) is 92.1 Å². The summed E-state index contributed by atoms with van der Waals surface area (Å²) in [7, 11) is 0. The molecule has 1 N–H and O–H groups in total. The number of benzene rings is 2. The van der Waals surface area contributed by atoms with E-state index < -0.39 is 5.97 Å². The van der Waals surface area contributed by atoms with Crippen LogP contribution in [-0.4, -0.2) is 11.1 Å². The van der Waals surface area contributed by atoms with E-state index in [-0.39, 0.29) is 6.42 Å². The molecule has 1 aliphatic rings. The second-order valence-corrected chi connectivity index (χ2v) is 6.92. The summed E-state index contributed by atoms with van der Waals surface area (Å²) in [5.41, 5.74) is 6.78. The minimum Gasteiger partial charge on any atom is -0.481 e. The molecule has 158 valence electrons. The molecular weight excluding hydrogens is 368 g/mol. The minimum absolute atomic E-state index is 0.250. The van der Waals surface area contributed by atoms with Crippen LogP contribution in [0.1, 0.15) is 43.4 Å². The van der Waals surface area contributed by atoms with Crippen LogP contribution in [0.4, 0.5) is 0 Å². The largest absolute Gasteiger partial charge is 0.481 e. The van der Waals surface area contributed by atoms with Gasteiger partial charge < -0.3 is 5.11 Å². The molecule has 3 rings (SSSR count). The molecule has 1 aliphatic carbocycles. The van der Waals surface area contributed by atoms with Gasteiger partial charge in [0.1, 0.15) is 0 Å². The number of carbonyl (C=O) groups is 1. The smallest absolute Gasteiger partial charge is 0.303 e. The summed E-state index contributed by atoms with van der Waals surface area (Å²) in [5.74, 6) is -0.711. The first-order chi connectivity index (χ1) is 14.6. The van der Waals surface area contributed by atoms with Crippen LogP contribution in [0, 0.1) is 0 Å². The predicted octanol–water partition coefficient (Wildman–Crippen LogP) is 7.36. The van der Waals surface area contributed by atoms with Gasteiger partial charge in [0.05, 0.1) is 0 Å². The summed E-state index contributed by atoms with van der Waals surface area (Å²) in [4.78, 5) is 10.6. The van der Waals surface area contributed by atoms with Gasteiger partial charge in [-0.15, -0.1) is 0 Å². The van der Waals surface area contributed by atoms with E-state index in [9.17, 15) is 4.79 Å². The standard InChI is InChI=1S/C18H18O2.2C5H8/c19-18(20)7-3-4-13-8-11-17-15(12-13)10-9-14-5-1-2-6-16(14)17;2*1-3-5-4-2/h1-2,5-6,8,11-12H,3-4,7,9-10H2,(H,19,20);2*3-5H,1H2,2H3/b;2*5-4-. The van der Waals surface area contributed by atoms with E-state index in [1.54, 1.807) is 12.2 Å². The molecule has 0 aliphatic heterocycles. The normalized spacial score (nSPS) is 11.4. The first-order valence-electron chi connectivity index (χ1n) is 10.5. The predicted molar refractivity (Wildman–Crippen MR) is 130 cm³/mol. The number of allylic oxidation sites excluding steroid dienone is 6. The highest BCUT2D eigenvalue weighted by Gasteiger charge is 2.15. The van der Waals surface area contributed by atoms with Crippen molar-refractivity contribution in [2.45, 2.75) is 46.0 Å². The van der Waals surface area contributed by atoms with Gasteiger partial charge in [0.2, 0.25) is 0 Å². The summed E-state index contributed by atoms with van der Waals surface area (Å²) in [5, 5.41) is 8.69. The fourth-order valence-electron chi connectivity index (χ4n) is 3.26. The third-order valence-corrected chi connectivity index (χ3v) is 4.65. The third-order valence-electron chi connectivity index (χ3n) is 4.65. The van der Waals surface area contributed by atoms with Crippen LogP contribution < -0.4 is 0 Å². The Morgan fingerprint density at radius 2 is 1.53 bits per heavy atom. The number of fused-ring (bicyclic) bond motifs is 3. The topological polar surface area (TPSA) is 37.3 Å². The molecular formula is C28H34O2. The Bertz CT molecular complexity index is 856. The van der Waals surface area contributed by atoms with Crippen molar-refractivity contribution >= 4 is 5.97 Å². The van der Waals surface area contributed by atoms with Crippen molar-refractivity contribution in [3.63, 3.8) is 0 Å². The average Bonchev–Trinajstić information content (AvgIpc) is 2.75. The second-order valence-electron chi connectivity index (χ2n) is 6.92. The lowest BCUT2D eigenvalue weighted by Crippen LogP contribution is -2.04. The molecule has 2 aromatic rings. The van der Waals surface area contributed by atoms with Crippen molar-refractivity contribution in [3.8, 4) is 11.1 Å². The average molecular weight is 403 g/mol. The Balaban J connectivity index is 0.000000378. The molecule has 0 radical (unpaired) electrons. The summed E-state index contributed by atoms with van der Waals surface area (Å²) >= 11 is 0. The lowest BCUT2D eigenvalue weighted by atomic mass is 9.84. The highest BCUT2D eigenvalue weighted by molar-refractivity contribution is 5.73. The van der Waals surface area contributed by atoms with Crippen LogP contribution in [0.2, 0.25) is 0 Å². The zero-order chi connectivity index (χ0) is 22.2. The summed E-state index contributed by atoms with van der Waals surface area (Å²) < 4.78 is 0. The summed E-state index contributed by atoms with van der Waals surface area (Å²) in [6.45, 7) is 10.8. The van der Waals surface area contributed by atoms with E-state index in [0.29, 0.717) is 6.42 Å². The van der Waals surface area contributed by atoms with E-state index in [1.807, 2.05) is 38.2 Å². The number of hydrogen-bond donors (Lipinski definition) is 1. The van der Waals surface area contributed by atoms with E-state index >= 15 is 0 Å². The number of carboxylic acids is 1. The van der Waals surface area contributed by atoms with Crippen molar-refractivity contribution < 1.29 is 9.90 Å². The Morgan fingerprint density at radius 3 is 2.10 bits per heavy atom. The maximum absolute atomic E-state index is 10.6. The Morgan fingerprint density at radius 1 is 0.933 bits per heavy atom. The molecule has 0 heterocycles. The second kappa shape index (κ2) is 14.8. The van der Waals surface area contributed by atoms with Gasteiger partial charge in [-0.3, -0.25) is 4.79 Å². The molecule has 0 amide bonds. The first kappa shape index (κ1) is 24.9. The van der Waals surface area contributed by atoms with Crippen molar-refractivity contribution in [2.75, 3.05) is 0 Å². The van der Waals surface area contributed by atoms with Crippen molar-refractivity contribution in [2.24, 2.45) is 0 Å². The van der Waals surface area contributed by atoms with Gasteiger partial charge in [-0.25, -0.2) is 0 Å². The zero-order valence-corrected chi connectivity index (χ0v) is 18.3. The zero-order valence-electron chi connectivity index (χ0n) is 18.3. The molecule has 0 bridgehead atoms. The Kier molecular flexibility index (Phi) is 12.3. The molecule has 2 heteroatoms. The SMILES string of the molecule is C=C/C=C\C.C=C/C=C\C.O=C(O)CCCc1ccc2c(c1)CCc1ccccc1-2. The van der Waals surface area contributed by atoms with Crippen LogP contribution in [0.5, 0.6) is 0 Å². The van der Waals surface area contributed by atoms with Gasteiger partial charge in [0.15, 0.2) is 0 Å². The van der Waals surface area contributed by atoms with E-state index in [4.69, 9.17) is 5.11 Å². The van der Waals surface area contributed by atoms with Crippen molar-refractivity contribution in [1.82, 2.24) is 0 Å². The summed E-state index contributed by atoms with van der Waals surface area (Å²) in [6, 6.07) is 15.2. The van der Waals surface area contributed by atoms with E-state index in [0.717, 1.165) is 19.3 Å². The monoisotopic (exact) mass is 402 g/mol. The van der Waals surface area contributed by atoms with Gasteiger partial charge in [0.25, 0.3) is 0 Å². The van der Waals surface area contributed by atoms with Gasteiger partial charge in [-0.2, -0.15) is 0 Å². The van der Waals surface area contributed by atoms with Crippen LogP contribution in [0.25, 0.3) is 11.1 Å². The molecule has 0 saturated heterocycles. The van der Waals surface area contributed by atoms with Crippen LogP contribution in [0.3, 0.4) is 0 Å². The van der Waals surface area contributed by atoms with Crippen molar-refractivity contribution in [1.29, 1.82) is 0 Å². The number of rotatable bonds is 6. The molecule has 2 nitrogen and oxygen atoms in total. The third kappa shape index (κ3) is 8.91. The lowest BCUT2D eigenvalue weighted by molar-refractivity contribution is -0.137. The molecule has 0 fully saturated rings. The molecule has 30 heavy (non-hydrogen) atoms. The molecule has 2 aromatic carbocycles. The van der Waals surface area contributed by atoms with Gasteiger partial charge in [0, 0.05) is 6.42 Å². The fourth-order valence-corrected chi connectivity index (χ4v) is 3.26. The van der Waals surface area contributed by atoms with Gasteiger partial charge in [-0.05, 0) is 67.3 Å². The number of aliphatic carboxylic acids is 1. The molecule has 0 saturated carbocycles. The van der Waals surface area contributed by atoms with Crippen LogP contribution in [-0.2, 0) is 24.1 Å². The molecule has 0 aromatic heterocycles. The highest BCUT2D eigenvalue weighted by atomic mass is 16.4. The highest BCUT2D eigenvalue weighted by Crippen LogP contribution is 2.33. The maximum atomic E-state index is 10.6. The van der Waals surface area contributed by atoms with E-state index in [2.05, 4.69) is 55.6 Å². The lowest BCUT2D eigenvalue weighted by Gasteiger charge is -2.20. The first-order valence-corrected chi connectivity index (χ1v) is 10.5. The van der Waals surface area contributed by atoms with E-state index in [1.165, 1.54) is 27.8 Å². The minimum atomic E-state index is -0.711. The molecule has 0 spiro atoms. The van der Waals surface area contributed by atoms with Crippen LogP contribution >= 0.6 is 0 Å². The fraction of sp³-hybridized carbons (Fsp3) is 0.250. The van der Waals surface area contributed by atoms with Gasteiger partial charge >= 0.3 is 5.97 Å². The quantitative estimate of drug-likeness (QED) is 0.513. The number of aryl methyl sites for hydroxylation is 3. The molecule has 0 unspecified atom stereocenters. The Hall–Kier alpha value is -3.13. The number of hydrogen-bond acceptors (Lipinski definition) is 1. The van der Waals surface area contributed by atoms with Gasteiger partial charge in [-0.1, -0.05) is 92.1 Å².